The maximum Gasteiger partial charge on any atom is 0.0545 e. The highest BCUT2D eigenvalue weighted by Gasteiger charge is 2.09. The molecule has 1 nitrogen and oxygen atoms in total. The summed E-state index contributed by atoms with van der Waals surface area (Å²) in [6, 6.07) is 6.20. The van der Waals surface area contributed by atoms with Crippen molar-refractivity contribution in [3.63, 3.8) is 0 Å². The van der Waals surface area contributed by atoms with Gasteiger partial charge in [0.25, 0.3) is 0 Å². The predicted octanol–water partition coefficient (Wildman–Crippen LogP) is 4.98. The zero-order valence-electron chi connectivity index (χ0n) is 11.6. The van der Waals surface area contributed by atoms with Gasteiger partial charge in [-0.1, -0.05) is 50.9 Å². The van der Waals surface area contributed by atoms with Crippen LogP contribution in [0.3, 0.4) is 0 Å². The molecule has 0 heterocycles. The van der Waals surface area contributed by atoms with Crippen LogP contribution in [0.25, 0.3) is 0 Å². The molecule has 1 rings (SSSR count). The zero-order chi connectivity index (χ0) is 13.4. The number of rotatable bonds is 8. The fraction of sp³-hybridized carbons (Fsp3) is 0.600. The van der Waals surface area contributed by atoms with E-state index in [1.807, 2.05) is 23.9 Å². The molecule has 0 amide bonds. The van der Waals surface area contributed by atoms with Crippen molar-refractivity contribution >= 4 is 23.4 Å². The van der Waals surface area contributed by atoms with Gasteiger partial charge in [0, 0.05) is 17.2 Å². The third kappa shape index (κ3) is 5.21. The summed E-state index contributed by atoms with van der Waals surface area (Å²) in [7, 11) is 0. The van der Waals surface area contributed by atoms with E-state index in [0.717, 1.165) is 36.2 Å². The Hall–Kier alpha value is -0.180. The summed E-state index contributed by atoms with van der Waals surface area (Å²) in [6.07, 6.45) is 2.39. The molecule has 0 saturated heterocycles. The molecule has 1 N–H and O–H groups in total. The van der Waals surface area contributed by atoms with Crippen LogP contribution in [0.2, 0.25) is 5.02 Å². The number of thioether (sulfide) groups is 1. The van der Waals surface area contributed by atoms with Gasteiger partial charge in [-0.25, -0.2) is 0 Å². The molecule has 0 radical (unpaired) electrons. The number of benzene rings is 1. The van der Waals surface area contributed by atoms with Crippen LogP contribution < -0.4 is 5.32 Å². The van der Waals surface area contributed by atoms with Gasteiger partial charge >= 0.3 is 0 Å². The van der Waals surface area contributed by atoms with Gasteiger partial charge in [-0.15, -0.1) is 11.8 Å². The summed E-state index contributed by atoms with van der Waals surface area (Å²) in [5.74, 6) is 1.88. The number of hydrogen-bond acceptors (Lipinski definition) is 2. The van der Waals surface area contributed by atoms with Crippen molar-refractivity contribution in [3.05, 3.63) is 28.8 Å². The molecule has 3 heteroatoms. The average molecular weight is 286 g/mol. The van der Waals surface area contributed by atoms with Crippen molar-refractivity contribution in [1.82, 2.24) is 5.32 Å². The maximum absolute atomic E-state index is 6.32. The second-order valence-corrected chi connectivity index (χ2v) is 6.17. The van der Waals surface area contributed by atoms with E-state index < -0.39 is 0 Å². The lowest BCUT2D eigenvalue weighted by Crippen LogP contribution is -2.14. The Kier molecular flexibility index (Phi) is 7.80. The van der Waals surface area contributed by atoms with Crippen molar-refractivity contribution in [3.8, 4) is 0 Å². The monoisotopic (exact) mass is 285 g/mol. The Bertz CT molecular complexity index is 354. The van der Waals surface area contributed by atoms with E-state index in [1.54, 1.807) is 0 Å². The van der Waals surface area contributed by atoms with Crippen LogP contribution in [-0.4, -0.2) is 12.3 Å². The van der Waals surface area contributed by atoms with E-state index in [0.29, 0.717) is 0 Å². The van der Waals surface area contributed by atoms with Crippen LogP contribution in [0.1, 0.15) is 39.2 Å². The summed E-state index contributed by atoms with van der Waals surface area (Å²) in [5, 5.41) is 4.34. The second kappa shape index (κ2) is 8.84. The van der Waals surface area contributed by atoms with Crippen LogP contribution in [0.4, 0.5) is 0 Å². The maximum atomic E-state index is 6.32. The number of nitrogens with one attached hydrogen (secondary N) is 1. The Labute approximate surface area is 121 Å². The molecule has 0 spiro atoms. The molecule has 0 aliphatic heterocycles. The quantitative estimate of drug-likeness (QED) is 0.534. The topological polar surface area (TPSA) is 12.0 Å². The first-order valence-corrected chi connectivity index (χ1v) is 8.16. The van der Waals surface area contributed by atoms with Gasteiger partial charge in [0.15, 0.2) is 0 Å². The highest BCUT2D eigenvalue weighted by molar-refractivity contribution is 7.99. The minimum atomic E-state index is 0.739. The van der Waals surface area contributed by atoms with Gasteiger partial charge in [0.2, 0.25) is 0 Å². The molecule has 0 aliphatic carbocycles. The Balaban J connectivity index is 2.67. The van der Waals surface area contributed by atoms with E-state index in [1.165, 1.54) is 16.9 Å². The fourth-order valence-corrected chi connectivity index (χ4v) is 3.17. The van der Waals surface area contributed by atoms with Crippen LogP contribution in [0.5, 0.6) is 0 Å². The molecular weight excluding hydrogens is 262 g/mol. The van der Waals surface area contributed by atoms with E-state index in [-0.39, 0.29) is 0 Å². The molecule has 1 aromatic rings. The Morgan fingerprint density at radius 2 is 2.11 bits per heavy atom. The third-order valence-electron chi connectivity index (χ3n) is 3.00. The molecule has 0 fully saturated rings. The van der Waals surface area contributed by atoms with E-state index in [9.17, 15) is 0 Å². The van der Waals surface area contributed by atoms with Crippen molar-refractivity contribution in [2.24, 2.45) is 5.92 Å². The first kappa shape index (κ1) is 15.9. The lowest BCUT2D eigenvalue weighted by Gasteiger charge is -2.14. The lowest BCUT2D eigenvalue weighted by atomic mass is 10.2. The summed E-state index contributed by atoms with van der Waals surface area (Å²) in [5.41, 5.74) is 1.32. The summed E-state index contributed by atoms with van der Waals surface area (Å²) in [4.78, 5) is 1.25. The highest BCUT2D eigenvalue weighted by atomic mass is 35.5. The smallest absolute Gasteiger partial charge is 0.0545 e. The molecule has 0 aromatic heterocycles. The predicted molar refractivity (Wildman–Crippen MR) is 83.6 cm³/mol. The first-order valence-electron chi connectivity index (χ1n) is 6.79. The minimum Gasteiger partial charge on any atom is -0.313 e. The van der Waals surface area contributed by atoms with Gasteiger partial charge in [-0.2, -0.15) is 0 Å². The van der Waals surface area contributed by atoms with Crippen molar-refractivity contribution in [2.75, 3.05) is 12.3 Å². The molecule has 18 heavy (non-hydrogen) atoms. The summed E-state index contributed by atoms with van der Waals surface area (Å²) >= 11 is 8.21. The van der Waals surface area contributed by atoms with E-state index in [2.05, 4.69) is 32.2 Å². The van der Waals surface area contributed by atoms with E-state index in [4.69, 9.17) is 11.6 Å². The Morgan fingerprint density at radius 3 is 2.78 bits per heavy atom. The summed E-state index contributed by atoms with van der Waals surface area (Å²) in [6.45, 7) is 8.68. The number of hydrogen-bond donors (Lipinski definition) is 1. The second-order valence-electron chi connectivity index (χ2n) is 4.73. The average Bonchev–Trinajstić information content (AvgIpc) is 2.38. The molecule has 1 aromatic carbocycles. The normalized spacial score (nSPS) is 12.7. The van der Waals surface area contributed by atoms with Gasteiger partial charge in [0.1, 0.15) is 0 Å². The molecule has 0 aliphatic rings. The van der Waals surface area contributed by atoms with Crippen LogP contribution in [-0.2, 0) is 6.54 Å². The lowest BCUT2D eigenvalue weighted by molar-refractivity contribution is 0.636. The molecular formula is C15H24ClNS. The Morgan fingerprint density at radius 1 is 1.33 bits per heavy atom. The fourth-order valence-electron chi connectivity index (χ4n) is 1.60. The van der Waals surface area contributed by atoms with Gasteiger partial charge in [0.05, 0.1) is 5.02 Å². The van der Waals surface area contributed by atoms with Gasteiger partial charge in [-0.3, -0.25) is 0 Å². The largest absolute Gasteiger partial charge is 0.313 e. The van der Waals surface area contributed by atoms with Crippen molar-refractivity contribution < 1.29 is 0 Å². The van der Waals surface area contributed by atoms with Crippen molar-refractivity contribution in [1.29, 1.82) is 0 Å². The van der Waals surface area contributed by atoms with Gasteiger partial charge < -0.3 is 5.32 Å². The number of halogens is 1. The molecule has 0 bridgehead atoms. The third-order valence-corrected chi connectivity index (χ3v) is 4.93. The summed E-state index contributed by atoms with van der Waals surface area (Å²) < 4.78 is 0. The molecule has 1 unspecified atom stereocenters. The first-order chi connectivity index (χ1) is 8.69. The molecule has 0 saturated carbocycles. The molecule has 102 valence electrons. The van der Waals surface area contributed by atoms with Gasteiger partial charge in [-0.05, 0) is 30.5 Å². The zero-order valence-corrected chi connectivity index (χ0v) is 13.2. The molecule has 1 atom stereocenters. The van der Waals surface area contributed by atoms with Crippen LogP contribution in [0, 0.1) is 5.92 Å². The standard InChI is InChI=1S/C15H24ClNS/c1-4-9-17-10-13-7-6-8-14(16)15(13)18-11-12(3)5-2/h6-8,12,17H,4-5,9-11H2,1-3H3. The van der Waals surface area contributed by atoms with Crippen molar-refractivity contribution in [2.45, 2.75) is 45.1 Å². The minimum absolute atomic E-state index is 0.739. The van der Waals surface area contributed by atoms with Crippen LogP contribution >= 0.6 is 23.4 Å². The highest BCUT2D eigenvalue weighted by Crippen LogP contribution is 2.32. The van der Waals surface area contributed by atoms with Crippen LogP contribution in [0.15, 0.2) is 23.1 Å². The van der Waals surface area contributed by atoms with E-state index >= 15 is 0 Å². The SMILES string of the molecule is CCCNCc1cccc(Cl)c1SCC(C)CC.